The summed E-state index contributed by atoms with van der Waals surface area (Å²) in [7, 11) is 3.29. The number of nitrogen functional groups attached to an aromatic ring is 1. The number of anilines is 1. The van der Waals surface area contributed by atoms with Gasteiger partial charge in [-0.15, -0.1) is 11.3 Å². The van der Waals surface area contributed by atoms with Crippen LogP contribution in [0.4, 0.5) is 5.69 Å². The molecule has 1 saturated heterocycles. The van der Waals surface area contributed by atoms with Crippen molar-refractivity contribution in [3.8, 4) is 0 Å². The Kier molecular flexibility index (Phi) is 17.6. The van der Waals surface area contributed by atoms with Crippen molar-refractivity contribution in [2.45, 2.75) is 124 Å². The van der Waals surface area contributed by atoms with Crippen molar-refractivity contribution in [1.82, 2.24) is 25.4 Å². The van der Waals surface area contributed by atoms with Crippen LogP contribution in [-0.2, 0) is 35.1 Å². The molecule has 1 fully saturated rings. The summed E-state index contributed by atoms with van der Waals surface area (Å²) in [5, 5.41) is 8.23. The van der Waals surface area contributed by atoms with Crippen LogP contribution < -0.4 is 16.4 Å². The summed E-state index contributed by atoms with van der Waals surface area (Å²) in [4.78, 5) is 75.1. The zero-order valence-electron chi connectivity index (χ0n) is 34.4. The first-order valence-corrected chi connectivity index (χ1v) is 20.5. The Hall–Kier alpha value is -4.04. The van der Waals surface area contributed by atoms with Crippen LogP contribution in [0.25, 0.3) is 0 Å². The van der Waals surface area contributed by atoms with E-state index >= 15 is 0 Å². The predicted octanol–water partition coefficient (Wildman–Crippen LogP) is 5.39. The van der Waals surface area contributed by atoms with Crippen LogP contribution in [-0.4, -0.2) is 95.9 Å². The molecule has 3 rings (SSSR count). The number of ether oxygens (including phenoxy) is 2. The predicted molar refractivity (Wildman–Crippen MR) is 215 cm³/mol. The lowest BCUT2D eigenvalue weighted by atomic mass is 9.90. The Morgan fingerprint density at radius 3 is 2.31 bits per heavy atom. The number of benzene rings is 1. The molecule has 0 saturated carbocycles. The molecule has 1 aliphatic rings. The van der Waals surface area contributed by atoms with Gasteiger partial charge in [0.25, 0.3) is 5.91 Å². The summed E-state index contributed by atoms with van der Waals surface area (Å²) < 4.78 is 10.8. The highest BCUT2D eigenvalue weighted by molar-refractivity contribution is 7.09. The van der Waals surface area contributed by atoms with E-state index in [-0.39, 0.29) is 53.8 Å². The molecule has 14 heteroatoms. The van der Waals surface area contributed by atoms with E-state index in [0.717, 1.165) is 24.9 Å². The zero-order chi connectivity index (χ0) is 41.0. The number of nitrogens with one attached hydrogen (secondary N) is 2. The minimum Gasteiger partial charge on any atom is -0.469 e. The zero-order valence-corrected chi connectivity index (χ0v) is 35.2. The lowest BCUT2D eigenvalue weighted by Gasteiger charge is -2.40. The molecular formula is C41H64N6O7S. The number of nitrogens with two attached hydrogens (primary N) is 1. The second-order valence-corrected chi connectivity index (χ2v) is 16.5. The van der Waals surface area contributed by atoms with Gasteiger partial charge in [-0.05, 0) is 81.6 Å². The van der Waals surface area contributed by atoms with Crippen molar-refractivity contribution in [2.24, 2.45) is 23.7 Å². The molecule has 0 radical (unpaired) electrons. The van der Waals surface area contributed by atoms with Crippen LogP contribution in [0.1, 0.15) is 115 Å². The van der Waals surface area contributed by atoms with Gasteiger partial charge in [0.05, 0.1) is 19.1 Å². The maximum absolute atomic E-state index is 14.5. The standard InChI is InChI=1S/C41H64N6O7S/c1-11-26(6)36(45-38(50)34-19-25(5)17-18-46(34)9)40(51)47(12-2)33(24(3)4)22-35(54-28(8)48)39-44-32(23-55-39)37(49)43-31(20-27(7)41(52)53-10)21-29-13-15-30(42)16-14-29/h13-16,23-27,31,33-36H,11-12,17-22,42H2,1-10H3,(H,43,49)(H,45,50)/t25-,26+,27+,31-,33-,34-,35-,36+/m1/s1. The Morgan fingerprint density at radius 2 is 1.73 bits per heavy atom. The normalized spacial score (nSPS) is 19.3. The number of hydrogen-bond acceptors (Lipinski definition) is 11. The molecule has 0 spiro atoms. The number of methoxy groups -OCH3 is 1. The molecule has 0 bridgehead atoms. The number of thiazole rings is 1. The summed E-state index contributed by atoms with van der Waals surface area (Å²) in [5.41, 5.74) is 7.58. The fraction of sp³-hybridized carbons (Fsp3) is 0.659. The minimum atomic E-state index is -0.836. The highest BCUT2D eigenvalue weighted by Crippen LogP contribution is 2.32. The van der Waals surface area contributed by atoms with Crippen LogP contribution in [0, 0.1) is 23.7 Å². The van der Waals surface area contributed by atoms with Crippen LogP contribution in [0.3, 0.4) is 0 Å². The summed E-state index contributed by atoms with van der Waals surface area (Å²) in [6, 6.07) is 5.51. The number of hydrogen-bond donors (Lipinski definition) is 3. The maximum Gasteiger partial charge on any atom is 0.308 e. The van der Waals surface area contributed by atoms with E-state index in [1.165, 1.54) is 25.4 Å². The van der Waals surface area contributed by atoms with Gasteiger partial charge in [-0.1, -0.05) is 60.1 Å². The number of amides is 3. The first-order valence-electron chi connectivity index (χ1n) is 19.7. The molecule has 8 atom stereocenters. The minimum absolute atomic E-state index is 0.0470. The second kappa shape index (κ2) is 21.3. The Bertz CT molecular complexity index is 1580. The van der Waals surface area contributed by atoms with E-state index in [2.05, 4.69) is 27.4 Å². The first-order chi connectivity index (χ1) is 26.0. The topological polar surface area (TPSA) is 173 Å². The van der Waals surface area contributed by atoms with E-state index in [1.54, 1.807) is 29.3 Å². The van der Waals surface area contributed by atoms with Gasteiger partial charge in [0.15, 0.2) is 6.10 Å². The number of rotatable bonds is 19. The summed E-state index contributed by atoms with van der Waals surface area (Å²) in [5.74, 6) is -1.84. The lowest BCUT2D eigenvalue weighted by Crippen LogP contribution is -2.59. The molecule has 306 valence electrons. The summed E-state index contributed by atoms with van der Waals surface area (Å²) in [6.45, 7) is 16.4. The Labute approximate surface area is 331 Å². The van der Waals surface area contributed by atoms with E-state index < -0.39 is 36.0 Å². The Balaban J connectivity index is 1.86. The molecule has 0 unspecified atom stereocenters. The number of piperidine rings is 1. The average molecular weight is 785 g/mol. The van der Waals surface area contributed by atoms with Gasteiger partial charge in [-0.2, -0.15) is 0 Å². The monoisotopic (exact) mass is 784 g/mol. The van der Waals surface area contributed by atoms with Gasteiger partial charge in [0.1, 0.15) is 16.7 Å². The van der Waals surface area contributed by atoms with Crippen molar-refractivity contribution in [3.05, 3.63) is 45.9 Å². The number of likely N-dealkylation sites (N-methyl/N-ethyl adjacent to an activating group) is 2. The number of esters is 2. The average Bonchev–Trinajstić information content (AvgIpc) is 3.64. The second-order valence-electron chi connectivity index (χ2n) is 15.6. The van der Waals surface area contributed by atoms with Crippen molar-refractivity contribution < 1.29 is 33.4 Å². The molecular weight excluding hydrogens is 721 g/mol. The molecule has 4 N–H and O–H groups in total. The molecule has 1 aromatic carbocycles. The number of nitrogens with zero attached hydrogens (tertiary/aromatic N) is 3. The molecule has 2 aromatic rings. The van der Waals surface area contributed by atoms with Gasteiger partial charge in [-0.25, -0.2) is 4.98 Å². The van der Waals surface area contributed by atoms with Crippen LogP contribution in [0.2, 0.25) is 0 Å². The number of carbonyl (C=O) groups is 5. The largest absolute Gasteiger partial charge is 0.469 e. The first kappa shape index (κ1) is 45.4. The third-order valence-corrected chi connectivity index (χ3v) is 11.8. The SMILES string of the molecule is CC[C@H](C)[C@H](NC(=O)[C@H]1C[C@H](C)CCN1C)C(=O)N(CC)[C@H](C[C@@H](OC(C)=O)c1nc(C(=O)N[C@@H](Cc2ccc(N)cc2)C[C@H](C)C(=O)OC)cs1)C(C)C. The quantitative estimate of drug-likeness (QED) is 0.124. The Morgan fingerprint density at radius 1 is 1.05 bits per heavy atom. The summed E-state index contributed by atoms with van der Waals surface area (Å²) in [6.07, 6.45) is 2.66. The van der Waals surface area contributed by atoms with Crippen LogP contribution in [0.15, 0.2) is 29.6 Å². The van der Waals surface area contributed by atoms with E-state index in [1.807, 2.05) is 53.8 Å². The fourth-order valence-corrected chi connectivity index (χ4v) is 8.10. The molecule has 55 heavy (non-hydrogen) atoms. The third kappa shape index (κ3) is 13.0. The third-order valence-electron chi connectivity index (χ3n) is 10.8. The van der Waals surface area contributed by atoms with Crippen molar-refractivity contribution in [2.75, 3.05) is 33.0 Å². The lowest BCUT2D eigenvalue weighted by molar-refractivity contribution is -0.149. The molecule has 1 aliphatic heterocycles. The summed E-state index contributed by atoms with van der Waals surface area (Å²) >= 11 is 1.20. The van der Waals surface area contributed by atoms with E-state index in [4.69, 9.17) is 15.2 Å². The number of aromatic nitrogens is 1. The molecule has 0 aliphatic carbocycles. The van der Waals surface area contributed by atoms with Gasteiger partial charge in [0, 0.05) is 43.0 Å². The number of likely N-dealkylation sites (tertiary alicyclic amines) is 1. The van der Waals surface area contributed by atoms with Crippen molar-refractivity contribution >= 4 is 46.7 Å². The van der Waals surface area contributed by atoms with E-state index in [9.17, 15) is 24.0 Å². The smallest absolute Gasteiger partial charge is 0.308 e. The van der Waals surface area contributed by atoms with E-state index in [0.29, 0.717) is 42.4 Å². The van der Waals surface area contributed by atoms with Crippen molar-refractivity contribution in [1.29, 1.82) is 0 Å². The maximum atomic E-state index is 14.5. The highest BCUT2D eigenvalue weighted by Gasteiger charge is 2.39. The van der Waals surface area contributed by atoms with Crippen LogP contribution in [0.5, 0.6) is 0 Å². The van der Waals surface area contributed by atoms with Gasteiger partial charge in [-0.3, -0.25) is 28.9 Å². The number of carbonyl (C=O) groups excluding carboxylic acids is 5. The molecule has 13 nitrogen and oxygen atoms in total. The van der Waals surface area contributed by atoms with Crippen molar-refractivity contribution in [3.63, 3.8) is 0 Å². The van der Waals surface area contributed by atoms with Gasteiger partial charge >= 0.3 is 11.9 Å². The molecule has 1 aromatic heterocycles. The molecule has 3 amide bonds. The highest BCUT2D eigenvalue weighted by atomic mass is 32.1. The van der Waals surface area contributed by atoms with Crippen LogP contribution >= 0.6 is 11.3 Å². The van der Waals surface area contributed by atoms with Gasteiger partial charge < -0.3 is 30.7 Å². The molecule has 2 heterocycles. The van der Waals surface area contributed by atoms with Gasteiger partial charge in [0.2, 0.25) is 11.8 Å². The fourth-order valence-electron chi connectivity index (χ4n) is 7.26.